The van der Waals surface area contributed by atoms with E-state index >= 15 is 0 Å². The number of benzene rings is 2. The SMILES string of the molecule is CCCCn1nnnc1NCc1cc(OCC)c(OCc2cccc(Cl)c2)cc1Cl. The standard InChI is InChI=1S/C21H25Cl2N5O2/c1-3-5-9-28-21(25-26-27-28)24-13-16-11-19(29-4-2)20(12-18(16)23)30-14-15-7-6-8-17(22)10-15/h6-8,10-12H,3-5,9,13-14H2,1-2H3,(H,24,25,27). The minimum atomic E-state index is 0.362. The first-order chi connectivity index (χ1) is 14.6. The largest absolute Gasteiger partial charge is 0.490 e. The average molecular weight is 450 g/mol. The second-order valence-electron chi connectivity index (χ2n) is 6.67. The molecule has 0 spiro atoms. The molecule has 0 saturated carbocycles. The van der Waals surface area contributed by atoms with Crippen molar-refractivity contribution >= 4 is 29.2 Å². The van der Waals surface area contributed by atoms with Crippen molar-refractivity contribution in [3.8, 4) is 11.5 Å². The van der Waals surface area contributed by atoms with Crippen molar-refractivity contribution in [3.63, 3.8) is 0 Å². The molecule has 0 atom stereocenters. The Kier molecular flexibility index (Phi) is 8.16. The molecule has 7 nitrogen and oxygen atoms in total. The van der Waals surface area contributed by atoms with Crippen LogP contribution in [0.2, 0.25) is 10.0 Å². The predicted octanol–water partition coefficient (Wildman–Crippen LogP) is 5.37. The quantitative estimate of drug-likeness (QED) is 0.424. The number of anilines is 1. The molecule has 30 heavy (non-hydrogen) atoms. The number of tetrazole rings is 1. The number of rotatable bonds is 11. The first-order valence-electron chi connectivity index (χ1n) is 9.93. The topological polar surface area (TPSA) is 74.1 Å². The average Bonchev–Trinajstić information content (AvgIpc) is 3.18. The Morgan fingerprint density at radius 2 is 1.90 bits per heavy atom. The van der Waals surface area contributed by atoms with Crippen LogP contribution in [0.3, 0.4) is 0 Å². The van der Waals surface area contributed by atoms with E-state index in [1.165, 1.54) is 0 Å². The number of halogens is 2. The summed E-state index contributed by atoms with van der Waals surface area (Å²) in [7, 11) is 0. The Morgan fingerprint density at radius 3 is 2.67 bits per heavy atom. The van der Waals surface area contributed by atoms with Gasteiger partial charge < -0.3 is 14.8 Å². The lowest BCUT2D eigenvalue weighted by Gasteiger charge is -2.15. The van der Waals surface area contributed by atoms with Crippen LogP contribution < -0.4 is 14.8 Å². The maximum absolute atomic E-state index is 6.52. The van der Waals surface area contributed by atoms with Crippen molar-refractivity contribution in [2.45, 2.75) is 46.4 Å². The molecule has 1 heterocycles. The van der Waals surface area contributed by atoms with Crippen LogP contribution >= 0.6 is 23.2 Å². The minimum Gasteiger partial charge on any atom is -0.490 e. The van der Waals surface area contributed by atoms with Gasteiger partial charge in [0.05, 0.1) is 6.61 Å². The molecular formula is C21H25Cl2N5O2. The molecule has 1 N–H and O–H groups in total. The Balaban J connectivity index is 1.71. The number of hydrogen-bond donors (Lipinski definition) is 1. The molecule has 3 aromatic rings. The van der Waals surface area contributed by atoms with Crippen molar-refractivity contribution in [1.82, 2.24) is 20.2 Å². The highest BCUT2D eigenvalue weighted by molar-refractivity contribution is 6.31. The molecule has 160 valence electrons. The number of ether oxygens (including phenoxy) is 2. The summed E-state index contributed by atoms with van der Waals surface area (Å²) in [6.45, 7) is 6.15. The van der Waals surface area contributed by atoms with Gasteiger partial charge in [-0.3, -0.25) is 0 Å². The van der Waals surface area contributed by atoms with Crippen LogP contribution in [0.15, 0.2) is 36.4 Å². The summed E-state index contributed by atoms with van der Waals surface area (Å²) in [6, 6.07) is 11.2. The van der Waals surface area contributed by atoms with Gasteiger partial charge in [0, 0.05) is 29.2 Å². The van der Waals surface area contributed by atoms with Crippen molar-refractivity contribution in [3.05, 3.63) is 57.6 Å². The number of nitrogens with one attached hydrogen (secondary N) is 1. The molecule has 0 unspecified atom stereocenters. The van der Waals surface area contributed by atoms with Crippen molar-refractivity contribution in [1.29, 1.82) is 0 Å². The third kappa shape index (κ3) is 6.00. The molecule has 2 aromatic carbocycles. The van der Waals surface area contributed by atoms with Crippen LogP contribution in [0.5, 0.6) is 11.5 Å². The van der Waals surface area contributed by atoms with Gasteiger partial charge in [0.25, 0.3) is 0 Å². The highest BCUT2D eigenvalue weighted by Gasteiger charge is 2.13. The van der Waals surface area contributed by atoms with Crippen LogP contribution in [0.4, 0.5) is 5.95 Å². The molecular weight excluding hydrogens is 425 g/mol. The first-order valence-corrected chi connectivity index (χ1v) is 10.7. The minimum absolute atomic E-state index is 0.362. The summed E-state index contributed by atoms with van der Waals surface area (Å²) in [5.41, 5.74) is 1.82. The first kappa shape index (κ1) is 22.2. The Labute approximate surface area is 186 Å². The van der Waals surface area contributed by atoms with E-state index in [0.29, 0.717) is 47.3 Å². The summed E-state index contributed by atoms with van der Waals surface area (Å²) in [4.78, 5) is 0. The maximum Gasteiger partial charge on any atom is 0.243 e. The molecule has 0 bridgehead atoms. The summed E-state index contributed by atoms with van der Waals surface area (Å²) in [5, 5.41) is 16.3. The second-order valence-corrected chi connectivity index (χ2v) is 7.52. The smallest absolute Gasteiger partial charge is 0.243 e. The van der Waals surface area contributed by atoms with E-state index in [2.05, 4.69) is 27.8 Å². The molecule has 0 radical (unpaired) electrons. The predicted molar refractivity (Wildman–Crippen MR) is 118 cm³/mol. The molecule has 0 aliphatic rings. The molecule has 0 saturated heterocycles. The van der Waals surface area contributed by atoms with Gasteiger partial charge in [0.1, 0.15) is 6.61 Å². The molecule has 0 aliphatic carbocycles. The lowest BCUT2D eigenvalue weighted by molar-refractivity contribution is 0.269. The number of unbranched alkanes of at least 4 members (excludes halogenated alkanes) is 1. The summed E-state index contributed by atoms with van der Waals surface area (Å²) >= 11 is 12.6. The van der Waals surface area contributed by atoms with E-state index in [1.807, 2.05) is 37.3 Å². The summed E-state index contributed by atoms with van der Waals surface area (Å²) in [6.07, 6.45) is 2.08. The number of aryl methyl sites for hydroxylation is 1. The van der Waals surface area contributed by atoms with Crippen molar-refractivity contribution in [2.75, 3.05) is 11.9 Å². The van der Waals surface area contributed by atoms with Crippen molar-refractivity contribution in [2.24, 2.45) is 0 Å². The van der Waals surface area contributed by atoms with E-state index < -0.39 is 0 Å². The third-order valence-electron chi connectivity index (χ3n) is 4.39. The van der Waals surface area contributed by atoms with Gasteiger partial charge in [0.2, 0.25) is 5.95 Å². The van der Waals surface area contributed by atoms with Crippen molar-refractivity contribution < 1.29 is 9.47 Å². The number of aromatic nitrogens is 4. The molecule has 3 rings (SSSR count). The summed E-state index contributed by atoms with van der Waals surface area (Å²) < 4.78 is 13.5. The van der Waals surface area contributed by atoms with E-state index in [1.54, 1.807) is 10.7 Å². The van der Waals surface area contributed by atoms with Gasteiger partial charge in [-0.2, -0.15) is 0 Å². The second kappa shape index (κ2) is 11.0. The van der Waals surface area contributed by atoms with Gasteiger partial charge in [-0.1, -0.05) is 53.8 Å². The lowest BCUT2D eigenvalue weighted by atomic mass is 10.2. The molecule has 9 heteroatoms. The maximum atomic E-state index is 6.52. The van der Waals surface area contributed by atoms with E-state index in [0.717, 1.165) is 30.5 Å². The highest BCUT2D eigenvalue weighted by Crippen LogP contribution is 2.34. The van der Waals surface area contributed by atoms with Crippen LogP contribution in [-0.4, -0.2) is 26.8 Å². The van der Waals surface area contributed by atoms with Crippen LogP contribution in [0.25, 0.3) is 0 Å². The van der Waals surface area contributed by atoms with Gasteiger partial charge >= 0.3 is 0 Å². The molecule has 0 amide bonds. The van der Waals surface area contributed by atoms with E-state index in [-0.39, 0.29) is 0 Å². The number of hydrogen-bond acceptors (Lipinski definition) is 6. The van der Waals surface area contributed by atoms with E-state index in [4.69, 9.17) is 32.7 Å². The fourth-order valence-electron chi connectivity index (χ4n) is 2.85. The van der Waals surface area contributed by atoms with Gasteiger partial charge in [0.15, 0.2) is 11.5 Å². The van der Waals surface area contributed by atoms with Crippen LogP contribution in [0, 0.1) is 0 Å². The molecule has 1 aromatic heterocycles. The fourth-order valence-corrected chi connectivity index (χ4v) is 3.28. The lowest BCUT2D eigenvalue weighted by Crippen LogP contribution is -2.10. The Hall–Kier alpha value is -2.51. The van der Waals surface area contributed by atoms with Gasteiger partial charge in [-0.05, 0) is 53.1 Å². The van der Waals surface area contributed by atoms with Gasteiger partial charge in [-0.25, -0.2) is 4.68 Å². The zero-order valence-electron chi connectivity index (χ0n) is 17.1. The molecule has 0 fully saturated rings. The number of nitrogens with zero attached hydrogens (tertiary/aromatic N) is 4. The van der Waals surface area contributed by atoms with E-state index in [9.17, 15) is 0 Å². The Morgan fingerprint density at radius 1 is 1.07 bits per heavy atom. The summed E-state index contributed by atoms with van der Waals surface area (Å²) in [5.74, 6) is 1.82. The molecule has 0 aliphatic heterocycles. The zero-order valence-corrected chi connectivity index (χ0v) is 18.6. The normalized spacial score (nSPS) is 10.8. The Bertz CT molecular complexity index is 964. The van der Waals surface area contributed by atoms with Crippen LogP contribution in [0.1, 0.15) is 37.8 Å². The third-order valence-corrected chi connectivity index (χ3v) is 4.98. The monoisotopic (exact) mass is 449 g/mol. The fraction of sp³-hybridized carbons (Fsp3) is 0.381. The van der Waals surface area contributed by atoms with Crippen LogP contribution in [-0.2, 0) is 19.7 Å². The highest BCUT2D eigenvalue weighted by atomic mass is 35.5. The zero-order chi connectivity index (χ0) is 21.3. The van der Waals surface area contributed by atoms with Gasteiger partial charge in [-0.15, -0.1) is 0 Å².